The minimum atomic E-state index is -4.12. The summed E-state index contributed by atoms with van der Waals surface area (Å²) in [5.74, 6) is 0. The van der Waals surface area contributed by atoms with E-state index < -0.39 is 12.6 Å². The standard InChI is InChI=1S/C10H10F3I/c1-2-7-3-4-8(9(14)5-7)6-10(11,12)13/h3-5H,2,6H2,1H3. The fourth-order valence-corrected chi connectivity index (χ4v) is 1.94. The Bertz CT molecular complexity index is 318. The molecule has 0 N–H and O–H groups in total. The van der Waals surface area contributed by atoms with Gasteiger partial charge < -0.3 is 0 Å². The molecule has 0 aromatic heterocycles. The Kier molecular flexibility index (Phi) is 3.80. The lowest BCUT2D eigenvalue weighted by molar-refractivity contribution is -0.127. The second-order valence-electron chi connectivity index (χ2n) is 3.07. The molecule has 0 saturated carbocycles. The molecule has 1 rings (SSSR count). The number of rotatable bonds is 2. The van der Waals surface area contributed by atoms with E-state index in [1.807, 2.05) is 35.6 Å². The zero-order valence-electron chi connectivity index (χ0n) is 7.66. The van der Waals surface area contributed by atoms with Crippen molar-refractivity contribution in [2.45, 2.75) is 25.9 Å². The van der Waals surface area contributed by atoms with Gasteiger partial charge in [0.15, 0.2) is 0 Å². The fraction of sp³-hybridized carbons (Fsp3) is 0.400. The van der Waals surface area contributed by atoms with Gasteiger partial charge in [-0.05, 0) is 46.2 Å². The highest BCUT2D eigenvalue weighted by Crippen LogP contribution is 2.25. The summed E-state index contributed by atoms with van der Waals surface area (Å²) < 4.78 is 37.0. The van der Waals surface area contributed by atoms with Crippen LogP contribution in [0.5, 0.6) is 0 Å². The van der Waals surface area contributed by atoms with Gasteiger partial charge in [0, 0.05) is 3.57 Å². The highest BCUT2D eigenvalue weighted by Gasteiger charge is 2.28. The van der Waals surface area contributed by atoms with E-state index in [1.54, 1.807) is 12.1 Å². The van der Waals surface area contributed by atoms with E-state index in [2.05, 4.69) is 0 Å². The van der Waals surface area contributed by atoms with Crippen molar-refractivity contribution in [2.24, 2.45) is 0 Å². The quantitative estimate of drug-likeness (QED) is 0.725. The smallest absolute Gasteiger partial charge is 0.171 e. The Morgan fingerprint density at radius 2 is 1.93 bits per heavy atom. The third kappa shape index (κ3) is 3.48. The van der Waals surface area contributed by atoms with Crippen LogP contribution >= 0.6 is 22.6 Å². The zero-order valence-corrected chi connectivity index (χ0v) is 9.82. The molecule has 0 amide bonds. The van der Waals surface area contributed by atoms with Crippen molar-refractivity contribution in [3.63, 3.8) is 0 Å². The van der Waals surface area contributed by atoms with Crippen LogP contribution in [0.4, 0.5) is 13.2 Å². The monoisotopic (exact) mass is 314 g/mol. The van der Waals surface area contributed by atoms with Crippen LogP contribution in [-0.4, -0.2) is 6.18 Å². The van der Waals surface area contributed by atoms with Crippen LogP contribution in [0.1, 0.15) is 18.1 Å². The first-order valence-corrected chi connectivity index (χ1v) is 5.34. The van der Waals surface area contributed by atoms with E-state index >= 15 is 0 Å². The summed E-state index contributed by atoms with van der Waals surface area (Å²) in [6.07, 6.45) is -4.11. The van der Waals surface area contributed by atoms with Crippen molar-refractivity contribution in [3.05, 3.63) is 32.9 Å². The van der Waals surface area contributed by atoms with Gasteiger partial charge in [-0.15, -0.1) is 0 Å². The molecule has 0 saturated heterocycles. The number of hydrogen-bond acceptors (Lipinski definition) is 0. The second-order valence-corrected chi connectivity index (χ2v) is 4.23. The van der Waals surface area contributed by atoms with Gasteiger partial charge in [0.2, 0.25) is 0 Å². The van der Waals surface area contributed by atoms with E-state index in [1.165, 1.54) is 0 Å². The van der Waals surface area contributed by atoms with Gasteiger partial charge in [0.1, 0.15) is 0 Å². The SMILES string of the molecule is CCc1ccc(CC(F)(F)F)c(I)c1. The summed E-state index contributed by atoms with van der Waals surface area (Å²) in [6.45, 7) is 1.98. The maximum absolute atomic E-state index is 12.1. The molecule has 0 aliphatic rings. The normalized spacial score (nSPS) is 11.8. The van der Waals surface area contributed by atoms with Crippen molar-refractivity contribution in [1.29, 1.82) is 0 Å². The number of benzene rings is 1. The van der Waals surface area contributed by atoms with Gasteiger partial charge in [0.25, 0.3) is 0 Å². The van der Waals surface area contributed by atoms with Gasteiger partial charge >= 0.3 is 6.18 Å². The van der Waals surface area contributed by atoms with Crippen LogP contribution in [0.3, 0.4) is 0 Å². The highest BCUT2D eigenvalue weighted by atomic mass is 127. The molecule has 0 bridgehead atoms. The minimum absolute atomic E-state index is 0.357. The Morgan fingerprint density at radius 1 is 1.29 bits per heavy atom. The Labute approximate surface area is 94.6 Å². The number of alkyl halides is 3. The van der Waals surface area contributed by atoms with Crippen LogP contribution in [0.2, 0.25) is 0 Å². The molecule has 0 nitrogen and oxygen atoms in total. The predicted octanol–water partition coefficient (Wildman–Crippen LogP) is 3.96. The Balaban J connectivity index is 2.89. The molecule has 14 heavy (non-hydrogen) atoms. The first kappa shape index (κ1) is 11.8. The van der Waals surface area contributed by atoms with Gasteiger partial charge in [-0.1, -0.05) is 19.1 Å². The van der Waals surface area contributed by atoms with Crippen molar-refractivity contribution >= 4 is 22.6 Å². The molecule has 0 fully saturated rings. The average Bonchev–Trinajstić information content (AvgIpc) is 2.06. The number of halogens is 4. The van der Waals surface area contributed by atoms with Gasteiger partial charge in [-0.2, -0.15) is 13.2 Å². The molecule has 0 unspecified atom stereocenters. The van der Waals surface area contributed by atoms with E-state index in [0.29, 0.717) is 9.13 Å². The van der Waals surface area contributed by atoms with Crippen LogP contribution in [-0.2, 0) is 12.8 Å². The topological polar surface area (TPSA) is 0 Å². The molecule has 0 aliphatic carbocycles. The summed E-state index contributed by atoms with van der Waals surface area (Å²) >= 11 is 1.95. The molecule has 1 aromatic carbocycles. The summed E-state index contributed by atoms with van der Waals surface area (Å²) in [4.78, 5) is 0. The van der Waals surface area contributed by atoms with Crippen molar-refractivity contribution in [2.75, 3.05) is 0 Å². The molecule has 0 aliphatic heterocycles. The minimum Gasteiger partial charge on any atom is -0.171 e. The Hall–Kier alpha value is -0.260. The first-order valence-electron chi connectivity index (χ1n) is 4.26. The zero-order chi connectivity index (χ0) is 10.8. The maximum Gasteiger partial charge on any atom is 0.393 e. The lowest BCUT2D eigenvalue weighted by atomic mass is 10.1. The van der Waals surface area contributed by atoms with Crippen molar-refractivity contribution in [1.82, 2.24) is 0 Å². The fourth-order valence-electron chi connectivity index (χ4n) is 1.17. The van der Waals surface area contributed by atoms with Gasteiger partial charge in [-0.25, -0.2) is 0 Å². The van der Waals surface area contributed by atoms with Crippen molar-refractivity contribution in [3.8, 4) is 0 Å². The molecule has 0 spiro atoms. The van der Waals surface area contributed by atoms with E-state index in [4.69, 9.17) is 0 Å². The molecule has 1 aromatic rings. The maximum atomic E-state index is 12.1. The van der Waals surface area contributed by atoms with Gasteiger partial charge in [-0.3, -0.25) is 0 Å². The number of aryl methyl sites for hydroxylation is 1. The van der Waals surface area contributed by atoms with Crippen LogP contribution in [0.25, 0.3) is 0 Å². The van der Waals surface area contributed by atoms with E-state index in [0.717, 1.165) is 12.0 Å². The van der Waals surface area contributed by atoms with Crippen LogP contribution in [0, 0.1) is 3.57 Å². The highest BCUT2D eigenvalue weighted by molar-refractivity contribution is 14.1. The summed E-state index contributed by atoms with van der Waals surface area (Å²) in [5.41, 5.74) is 1.43. The summed E-state index contributed by atoms with van der Waals surface area (Å²) in [6, 6.07) is 5.12. The molecule has 0 atom stereocenters. The Morgan fingerprint density at radius 3 is 2.36 bits per heavy atom. The third-order valence-electron chi connectivity index (χ3n) is 1.92. The van der Waals surface area contributed by atoms with Crippen LogP contribution < -0.4 is 0 Å². The molecule has 0 heterocycles. The van der Waals surface area contributed by atoms with E-state index in [9.17, 15) is 13.2 Å². The summed E-state index contributed by atoms with van der Waals surface area (Å²) in [7, 11) is 0. The number of hydrogen-bond donors (Lipinski definition) is 0. The first-order chi connectivity index (χ1) is 6.42. The lowest BCUT2D eigenvalue weighted by Gasteiger charge is -2.09. The lowest BCUT2D eigenvalue weighted by Crippen LogP contribution is -2.12. The molecule has 4 heteroatoms. The predicted molar refractivity (Wildman–Crippen MR) is 58.3 cm³/mol. The second kappa shape index (κ2) is 4.51. The van der Waals surface area contributed by atoms with Crippen LogP contribution in [0.15, 0.2) is 18.2 Å². The summed E-state index contributed by atoms with van der Waals surface area (Å²) in [5, 5.41) is 0. The molecule has 78 valence electrons. The molecular weight excluding hydrogens is 304 g/mol. The van der Waals surface area contributed by atoms with Crippen molar-refractivity contribution < 1.29 is 13.2 Å². The van der Waals surface area contributed by atoms with E-state index in [-0.39, 0.29) is 0 Å². The largest absolute Gasteiger partial charge is 0.393 e. The molecule has 0 radical (unpaired) electrons. The average molecular weight is 314 g/mol. The van der Waals surface area contributed by atoms with Gasteiger partial charge in [0.05, 0.1) is 6.42 Å². The third-order valence-corrected chi connectivity index (χ3v) is 2.92. The molecular formula is C10H10F3I.